The first-order valence-electron chi connectivity index (χ1n) is 8.34. The first-order valence-corrected chi connectivity index (χ1v) is 8.34. The molecule has 0 radical (unpaired) electrons. The predicted molar refractivity (Wildman–Crippen MR) is 83.5 cm³/mol. The van der Waals surface area contributed by atoms with E-state index in [9.17, 15) is 5.11 Å². The van der Waals surface area contributed by atoms with E-state index in [2.05, 4.69) is 23.6 Å². The highest BCUT2D eigenvalue weighted by molar-refractivity contribution is 4.79. The van der Waals surface area contributed by atoms with Crippen molar-refractivity contribution in [1.29, 1.82) is 0 Å². The Hall–Kier alpha value is -0.200. The quantitative estimate of drug-likeness (QED) is 0.787. The Bertz CT molecular complexity index is 285. The monoisotopic (exact) mass is 300 g/mol. The fourth-order valence-corrected chi connectivity index (χ4v) is 3.66. The Balaban J connectivity index is 1.66. The minimum Gasteiger partial charge on any atom is -0.390 e. The number of β-amino-alcohol motifs (C(OH)–C–C–N with tert-alkyl or cyclic N) is 1. The van der Waals surface area contributed by atoms with Gasteiger partial charge in [-0.1, -0.05) is 0 Å². The van der Waals surface area contributed by atoms with Gasteiger partial charge in [0.1, 0.15) is 0 Å². The van der Waals surface area contributed by atoms with Gasteiger partial charge in [-0.3, -0.25) is 4.90 Å². The van der Waals surface area contributed by atoms with Gasteiger partial charge in [-0.15, -0.1) is 0 Å². The molecule has 2 aliphatic heterocycles. The van der Waals surface area contributed by atoms with Gasteiger partial charge in [0.05, 0.1) is 18.3 Å². The Labute approximate surface area is 129 Å². The van der Waals surface area contributed by atoms with Crippen LogP contribution in [0.15, 0.2) is 0 Å². The zero-order chi connectivity index (χ0) is 15.2. The molecule has 5 heteroatoms. The molecule has 0 aromatic heterocycles. The second kappa shape index (κ2) is 8.44. The zero-order valence-corrected chi connectivity index (χ0v) is 13.8. The van der Waals surface area contributed by atoms with Gasteiger partial charge in [0.2, 0.25) is 0 Å². The third-order valence-electron chi connectivity index (χ3n) is 4.54. The third kappa shape index (κ3) is 5.83. The van der Waals surface area contributed by atoms with Crippen LogP contribution in [0.2, 0.25) is 0 Å². The predicted octanol–water partition coefficient (Wildman–Crippen LogP) is 0.815. The fourth-order valence-electron chi connectivity index (χ4n) is 3.66. The van der Waals surface area contributed by atoms with Crippen molar-refractivity contribution in [2.45, 2.75) is 45.0 Å². The summed E-state index contributed by atoms with van der Waals surface area (Å²) >= 11 is 0. The minimum atomic E-state index is -0.263. The van der Waals surface area contributed by atoms with Gasteiger partial charge in [0.25, 0.3) is 0 Å². The molecule has 0 bridgehead atoms. The molecule has 5 nitrogen and oxygen atoms in total. The molecule has 3 unspecified atom stereocenters. The molecule has 21 heavy (non-hydrogen) atoms. The van der Waals surface area contributed by atoms with Gasteiger partial charge >= 0.3 is 0 Å². The van der Waals surface area contributed by atoms with Crippen molar-refractivity contribution in [2.75, 3.05) is 53.0 Å². The lowest BCUT2D eigenvalue weighted by Crippen LogP contribution is -2.50. The lowest BCUT2D eigenvalue weighted by atomic mass is 9.97. The van der Waals surface area contributed by atoms with Crippen LogP contribution in [-0.2, 0) is 9.47 Å². The molecule has 2 heterocycles. The average molecular weight is 300 g/mol. The number of likely N-dealkylation sites (tertiary alicyclic amines) is 1. The van der Waals surface area contributed by atoms with Crippen LogP contribution in [0, 0.1) is 5.92 Å². The van der Waals surface area contributed by atoms with Crippen LogP contribution in [0.5, 0.6) is 0 Å². The highest BCUT2D eigenvalue weighted by Crippen LogP contribution is 2.18. The first kappa shape index (κ1) is 17.2. The number of piperidine rings is 1. The zero-order valence-electron chi connectivity index (χ0n) is 13.8. The number of methoxy groups -OCH3 is 1. The maximum absolute atomic E-state index is 10.3. The number of ether oxygens (including phenoxy) is 2. The highest BCUT2D eigenvalue weighted by Gasteiger charge is 2.25. The molecule has 0 amide bonds. The summed E-state index contributed by atoms with van der Waals surface area (Å²) in [5.41, 5.74) is 0. The normalized spacial score (nSPS) is 31.4. The smallest absolute Gasteiger partial charge is 0.0793 e. The summed E-state index contributed by atoms with van der Waals surface area (Å²) in [6.45, 7) is 10.7. The van der Waals surface area contributed by atoms with E-state index in [1.54, 1.807) is 7.11 Å². The van der Waals surface area contributed by atoms with Gasteiger partial charge < -0.3 is 19.5 Å². The minimum absolute atomic E-state index is 0.263. The standard InChI is InChI=1S/C16H32N2O3/c1-13-8-18(9-14(2)21-13)11-16(19)10-17-6-4-15(5-7-17)12-20-3/h13-16,19H,4-12H2,1-3H3. The highest BCUT2D eigenvalue weighted by atomic mass is 16.5. The van der Waals surface area contributed by atoms with Crippen LogP contribution in [-0.4, -0.2) is 86.2 Å². The molecule has 0 aromatic rings. The van der Waals surface area contributed by atoms with Crippen LogP contribution in [0.25, 0.3) is 0 Å². The van der Waals surface area contributed by atoms with Crippen molar-refractivity contribution in [2.24, 2.45) is 5.92 Å². The summed E-state index contributed by atoms with van der Waals surface area (Å²) in [4.78, 5) is 4.73. The number of rotatable bonds is 6. The van der Waals surface area contributed by atoms with Gasteiger partial charge in [0.15, 0.2) is 0 Å². The lowest BCUT2D eigenvalue weighted by Gasteiger charge is -2.38. The maximum atomic E-state index is 10.3. The van der Waals surface area contributed by atoms with E-state index in [1.165, 1.54) is 12.8 Å². The number of aliphatic hydroxyl groups excluding tert-OH is 1. The summed E-state index contributed by atoms with van der Waals surface area (Å²) in [5.74, 6) is 0.698. The molecular weight excluding hydrogens is 268 g/mol. The Morgan fingerprint density at radius 3 is 2.24 bits per heavy atom. The Kier molecular flexibility index (Phi) is 6.89. The average Bonchev–Trinajstić information content (AvgIpc) is 2.40. The van der Waals surface area contributed by atoms with Crippen molar-refractivity contribution in [3.8, 4) is 0 Å². The summed E-state index contributed by atoms with van der Waals surface area (Å²) < 4.78 is 11.0. The molecule has 0 aliphatic carbocycles. The molecule has 2 aliphatic rings. The number of nitrogens with zero attached hydrogens (tertiary/aromatic N) is 2. The molecule has 2 saturated heterocycles. The molecule has 2 fully saturated rings. The lowest BCUT2D eigenvalue weighted by molar-refractivity contribution is -0.0784. The second-order valence-corrected chi connectivity index (χ2v) is 6.83. The van der Waals surface area contributed by atoms with E-state index >= 15 is 0 Å². The maximum Gasteiger partial charge on any atom is 0.0793 e. The van der Waals surface area contributed by atoms with Crippen LogP contribution in [0.3, 0.4) is 0 Å². The van der Waals surface area contributed by atoms with Gasteiger partial charge in [-0.2, -0.15) is 0 Å². The van der Waals surface area contributed by atoms with E-state index in [0.717, 1.165) is 45.9 Å². The van der Waals surface area contributed by atoms with Crippen molar-refractivity contribution >= 4 is 0 Å². The van der Waals surface area contributed by atoms with E-state index < -0.39 is 0 Å². The Morgan fingerprint density at radius 2 is 1.67 bits per heavy atom. The molecule has 1 N–H and O–H groups in total. The molecular formula is C16H32N2O3. The van der Waals surface area contributed by atoms with Crippen LogP contribution in [0.4, 0.5) is 0 Å². The molecule has 2 rings (SSSR count). The Morgan fingerprint density at radius 1 is 1.10 bits per heavy atom. The topological polar surface area (TPSA) is 45.2 Å². The molecule has 124 valence electrons. The number of aliphatic hydroxyl groups is 1. The van der Waals surface area contributed by atoms with Crippen molar-refractivity contribution in [3.05, 3.63) is 0 Å². The van der Waals surface area contributed by atoms with Crippen LogP contribution >= 0.6 is 0 Å². The third-order valence-corrected chi connectivity index (χ3v) is 4.54. The van der Waals surface area contributed by atoms with Gasteiger partial charge in [0, 0.05) is 39.9 Å². The summed E-state index contributed by atoms with van der Waals surface area (Å²) in [6, 6.07) is 0. The van der Waals surface area contributed by atoms with E-state index in [4.69, 9.17) is 9.47 Å². The van der Waals surface area contributed by atoms with Crippen molar-refractivity contribution in [1.82, 2.24) is 9.80 Å². The van der Waals surface area contributed by atoms with Gasteiger partial charge in [-0.25, -0.2) is 0 Å². The molecule has 3 atom stereocenters. The van der Waals surface area contributed by atoms with E-state index in [-0.39, 0.29) is 18.3 Å². The number of morpholine rings is 1. The first-order chi connectivity index (χ1) is 10.1. The van der Waals surface area contributed by atoms with Crippen LogP contribution < -0.4 is 0 Å². The fraction of sp³-hybridized carbons (Fsp3) is 1.00. The SMILES string of the molecule is COCC1CCN(CC(O)CN2CC(C)OC(C)C2)CC1. The van der Waals surface area contributed by atoms with Gasteiger partial charge in [-0.05, 0) is 45.7 Å². The van der Waals surface area contributed by atoms with Crippen molar-refractivity contribution in [3.63, 3.8) is 0 Å². The summed E-state index contributed by atoms with van der Waals surface area (Å²) in [5, 5.41) is 10.3. The largest absolute Gasteiger partial charge is 0.390 e. The molecule has 0 saturated carbocycles. The molecule has 0 aromatic carbocycles. The van der Waals surface area contributed by atoms with E-state index in [1.807, 2.05) is 0 Å². The second-order valence-electron chi connectivity index (χ2n) is 6.83. The van der Waals surface area contributed by atoms with E-state index in [0.29, 0.717) is 5.92 Å². The van der Waals surface area contributed by atoms with Crippen molar-refractivity contribution < 1.29 is 14.6 Å². The molecule has 0 spiro atoms. The summed E-state index contributed by atoms with van der Waals surface area (Å²) in [7, 11) is 1.78. The number of hydrogen-bond acceptors (Lipinski definition) is 5. The van der Waals surface area contributed by atoms with Crippen LogP contribution in [0.1, 0.15) is 26.7 Å². The summed E-state index contributed by atoms with van der Waals surface area (Å²) in [6.07, 6.45) is 2.65. The number of hydrogen-bond donors (Lipinski definition) is 1.